The highest BCUT2D eigenvalue weighted by Crippen LogP contribution is 2.29. The molecular formula is C21H21ClF3N3OS. The monoisotopic (exact) mass is 455 g/mol. The van der Waals surface area contributed by atoms with E-state index in [2.05, 4.69) is 0 Å². The van der Waals surface area contributed by atoms with Gasteiger partial charge in [-0.05, 0) is 56.8 Å². The van der Waals surface area contributed by atoms with Crippen molar-refractivity contribution in [3.05, 3.63) is 63.4 Å². The fraction of sp³-hybridized carbons (Fsp3) is 0.333. The predicted molar refractivity (Wildman–Crippen MR) is 113 cm³/mol. The molecule has 0 saturated heterocycles. The Morgan fingerprint density at radius 1 is 1.17 bits per heavy atom. The Morgan fingerprint density at radius 2 is 1.87 bits per heavy atom. The first-order chi connectivity index (χ1) is 14.1. The van der Waals surface area contributed by atoms with Crippen molar-refractivity contribution < 1.29 is 18.0 Å². The van der Waals surface area contributed by atoms with Crippen molar-refractivity contribution in [2.75, 3.05) is 20.1 Å². The van der Waals surface area contributed by atoms with Gasteiger partial charge < -0.3 is 4.57 Å². The zero-order chi connectivity index (χ0) is 21.9. The lowest BCUT2D eigenvalue weighted by Gasteiger charge is -2.16. The summed E-state index contributed by atoms with van der Waals surface area (Å²) in [5, 5.41) is 8.79. The van der Waals surface area contributed by atoms with E-state index in [4.69, 9.17) is 17.0 Å². The number of hydrogen-bond donors (Lipinski definition) is 1. The second-order valence-corrected chi connectivity index (χ2v) is 8.58. The summed E-state index contributed by atoms with van der Waals surface area (Å²) in [4.78, 5) is 14.6. The number of likely N-dealkylation sites (N-methyl/N-ethyl adjacent to an activating group) is 1. The first-order valence-corrected chi connectivity index (χ1v) is 10.6. The Bertz CT molecular complexity index is 1090. The van der Waals surface area contributed by atoms with E-state index in [1.54, 1.807) is 0 Å². The van der Waals surface area contributed by atoms with Gasteiger partial charge in [0.05, 0.1) is 22.3 Å². The molecule has 3 rings (SSSR count). The van der Waals surface area contributed by atoms with Gasteiger partial charge in [-0.3, -0.25) is 15.1 Å². The third kappa shape index (κ3) is 5.50. The van der Waals surface area contributed by atoms with Crippen LogP contribution >= 0.6 is 22.9 Å². The summed E-state index contributed by atoms with van der Waals surface area (Å²) >= 11 is 7.39. The number of carbonyl (C=O) groups excluding carboxylic acids is 1. The average Bonchev–Trinajstić information content (AvgIpc) is 2.98. The minimum absolute atomic E-state index is 0.141. The number of alkyl halides is 3. The van der Waals surface area contributed by atoms with E-state index in [0.29, 0.717) is 22.9 Å². The molecule has 0 amide bonds. The van der Waals surface area contributed by atoms with Gasteiger partial charge in [0.1, 0.15) is 0 Å². The molecule has 3 aromatic rings. The number of nitrogens with one attached hydrogen (secondary N) is 1. The zero-order valence-electron chi connectivity index (χ0n) is 16.3. The fourth-order valence-electron chi connectivity index (χ4n) is 3.20. The van der Waals surface area contributed by atoms with Crippen LogP contribution in [0.1, 0.15) is 28.8 Å². The molecule has 0 unspecified atom stereocenters. The number of fused-ring (bicyclic) bond motifs is 1. The number of benzene rings is 2. The van der Waals surface area contributed by atoms with Crippen LogP contribution in [0.4, 0.5) is 13.2 Å². The number of carbonyl (C=O) groups is 1. The standard InChI is InChI=1S/C21H21ClF3N3OS/c1-27(13-18(29)14-4-6-15(7-5-14)21(23,24)25)10-2-3-11-28-17-9-8-16(22)12-19(17)30-20(28)26/h4-9,12,26H,2-3,10-11,13H2,1H3. The van der Waals surface area contributed by atoms with E-state index in [0.717, 1.165) is 35.2 Å². The van der Waals surface area contributed by atoms with E-state index < -0.39 is 11.7 Å². The molecular weight excluding hydrogens is 435 g/mol. The Balaban J connectivity index is 1.48. The molecule has 0 fully saturated rings. The Kier molecular flexibility index (Phi) is 7.00. The number of unbranched alkanes of at least 4 members (excludes halogenated alkanes) is 1. The maximum Gasteiger partial charge on any atom is 0.416 e. The van der Waals surface area contributed by atoms with Gasteiger partial charge in [-0.25, -0.2) is 0 Å². The summed E-state index contributed by atoms with van der Waals surface area (Å²) in [6.45, 7) is 1.51. The molecule has 0 aliphatic rings. The molecule has 0 atom stereocenters. The number of hydrogen-bond acceptors (Lipinski definition) is 4. The minimum Gasteiger partial charge on any atom is -0.317 e. The van der Waals surface area contributed by atoms with Gasteiger partial charge in [-0.15, -0.1) is 0 Å². The number of rotatable bonds is 8. The molecule has 2 aromatic carbocycles. The SMILES string of the molecule is CN(CCCCn1c(=N)sc2cc(Cl)ccc21)CC(=O)c1ccc(C(F)(F)F)cc1. The molecule has 0 bridgehead atoms. The first-order valence-electron chi connectivity index (χ1n) is 9.37. The highest BCUT2D eigenvalue weighted by molar-refractivity contribution is 7.16. The molecule has 0 aliphatic heterocycles. The van der Waals surface area contributed by atoms with Crippen LogP contribution in [0.25, 0.3) is 10.2 Å². The average molecular weight is 456 g/mol. The quantitative estimate of drug-likeness (QED) is 0.362. The molecule has 1 aromatic heterocycles. The van der Waals surface area contributed by atoms with Crippen LogP contribution in [-0.2, 0) is 12.7 Å². The summed E-state index contributed by atoms with van der Waals surface area (Å²) in [6, 6.07) is 9.90. The van der Waals surface area contributed by atoms with Crippen LogP contribution in [0.5, 0.6) is 0 Å². The van der Waals surface area contributed by atoms with Gasteiger partial charge in [0.2, 0.25) is 0 Å². The maximum atomic E-state index is 12.6. The van der Waals surface area contributed by atoms with Gasteiger partial charge in [0.25, 0.3) is 0 Å². The predicted octanol–water partition coefficient (Wildman–Crippen LogP) is 5.45. The third-order valence-electron chi connectivity index (χ3n) is 4.78. The molecule has 1 heterocycles. The van der Waals surface area contributed by atoms with Crippen LogP contribution in [0, 0.1) is 5.41 Å². The molecule has 0 aliphatic carbocycles. The second-order valence-electron chi connectivity index (χ2n) is 7.11. The highest BCUT2D eigenvalue weighted by atomic mass is 35.5. The van der Waals surface area contributed by atoms with Crippen molar-refractivity contribution >= 4 is 38.9 Å². The van der Waals surface area contributed by atoms with Crippen LogP contribution in [-0.4, -0.2) is 35.4 Å². The number of aromatic nitrogens is 1. The molecule has 9 heteroatoms. The Hall–Kier alpha value is -2.16. The van der Waals surface area contributed by atoms with Crippen LogP contribution in [0.3, 0.4) is 0 Å². The highest BCUT2D eigenvalue weighted by Gasteiger charge is 2.30. The topological polar surface area (TPSA) is 49.1 Å². The second kappa shape index (κ2) is 9.32. The van der Waals surface area contributed by atoms with Crippen molar-refractivity contribution in [2.45, 2.75) is 25.6 Å². The van der Waals surface area contributed by atoms with Gasteiger partial charge in [-0.1, -0.05) is 35.1 Å². The van der Waals surface area contributed by atoms with E-state index in [1.807, 2.05) is 34.7 Å². The summed E-state index contributed by atoms with van der Waals surface area (Å²) in [5.41, 5.74) is 0.495. The van der Waals surface area contributed by atoms with Crippen molar-refractivity contribution in [3.8, 4) is 0 Å². The fourth-order valence-corrected chi connectivity index (χ4v) is 4.41. The summed E-state index contributed by atoms with van der Waals surface area (Å²) in [6.07, 6.45) is -2.74. The molecule has 160 valence electrons. The number of aryl methyl sites for hydroxylation is 1. The summed E-state index contributed by atoms with van der Waals surface area (Å²) in [7, 11) is 1.81. The summed E-state index contributed by atoms with van der Waals surface area (Å²) in [5.74, 6) is -0.213. The molecule has 4 nitrogen and oxygen atoms in total. The third-order valence-corrected chi connectivity index (χ3v) is 5.98. The number of nitrogens with zero attached hydrogens (tertiary/aromatic N) is 2. The van der Waals surface area contributed by atoms with Gasteiger partial charge in [0, 0.05) is 17.1 Å². The lowest BCUT2D eigenvalue weighted by Crippen LogP contribution is -2.27. The van der Waals surface area contributed by atoms with E-state index in [9.17, 15) is 18.0 Å². The zero-order valence-corrected chi connectivity index (χ0v) is 17.9. The van der Waals surface area contributed by atoms with Gasteiger partial charge >= 0.3 is 6.18 Å². The van der Waals surface area contributed by atoms with Crippen molar-refractivity contribution in [1.29, 1.82) is 5.41 Å². The maximum absolute atomic E-state index is 12.6. The number of thiazole rings is 1. The molecule has 0 saturated carbocycles. The lowest BCUT2D eigenvalue weighted by molar-refractivity contribution is -0.137. The Labute approximate surface area is 181 Å². The summed E-state index contributed by atoms with van der Waals surface area (Å²) < 4.78 is 40.8. The van der Waals surface area contributed by atoms with Crippen LogP contribution in [0.15, 0.2) is 42.5 Å². The largest absolute Gasteiger partial charge is 0.416 e. The lowest BCUT2D eigenvalue weighted by atomic mass is 10.1. The van der Waals surface area contributed by atoms with E-state index >= 15 is 0 Å². The Morgan fingerprint density at radius 3 is 2.53 bits per heavy atom. The molecule has 0 radical (unpaired) electrons. The number of ketones is 1. The van der Waals surface area contributed by atoms with E-state index in [1.165, 1.54) is 23.5 Å². The smallest absolute Gasteiger partial charge is 0.317 e. The first kappa shape index (κ1) is 22.5. The van der Waals surface area contributed by atoms with Crippen molar-refractivity contribution in [2.24, 2.45) is 0 Å². The van der Waals surface area contributed by atoms with E-state index in [-0.39, 0.29) is 17.9 Å². The molecule has 30 heavy (non-hydrogen) atoms. The van der Waals surface area contributed by atoms with Crippen LogP contribution in [0.2, 0.25) is 5.02 Å². The number of halogens is 4. The number of Topliss-reactive ketones (excluding diaryl/α,β-unsaturated/α-hetero) is 1. The van der Waals surface area contributed by atoms with Crippen molar-refractivity contribution in [3.63, 3.8) is 0 Å². The minimum atomic E-state index is -4.41. The normalized spacial score (nSPS) is 12.1. The van der Waals surface area contributed by atoms with Crippen LogP contribution < -0.4 is 4.80 Å². The van der Waals surface area contributed by atoms with Gasteiger partial charge in [-0.2, -0.15) is 13.2 Å². The molecule has 0 spiro atoms. The van der Waals surface area contributed by atoms with Gasteiger partial charge in [0.15, 0.2) is 10.6 Å². The van der Waals surface area contributed by atoms with Crippen molar-refractivity contribution in [1.82, 2.24) is 9.47 Å². The molecule has 1 N–H and O–H groups in total.